The maximum atomic E-state index is 12.9. The summed E-state index contributed by atoms with van der Waals surface area (Å²) in [6.45, 7) is 2.93. The average molecular weight is 421 g/mol. The number of hydrogen-bond donors (Lipinski definition) is 1. The Hall–Kier alpha value is -1.89. The molecule has 150 valence electrons. The highest BCUT2D eigenvalue weighted by molar-refractivity contribution is 7.89. The third kappa shape index (κ3) is 4.93. The minimum Gasteiger partial charge on any atom is -0.355 e. The first-order chi connectivity index (χ1) is 13.4. The largest absolute Gasteiger partial charge is 0.355 e. The number of nitrogens with zero attached hydrogens (tertiary/aromatic N) is 1. The van der Waals surface area contributed by atoms with Gasteiger partial charge in [-0.2, -0.15) is 4.31 Å². The fraction of sp³-hybridized carbons (Fsp3) is 0.381. The lowest BCUT2D eigenvalue weighted by Crippen LogP contribution is -2.46. The standard InChI is InChI=1S/C21H25ClN2O3S/c1-16-6-8-17(9-7-16)4-2-14-23-21(25)20-5-3-15-24(20)28(26,27)19-12-10-18(22)11-13-19/h6-13,20H,2-5,14-15H2,1H3,(H,23,25)/t20-/m0/s1. The van der Waals surface area contributed by atoms with Crippen molar-refractivity contribution in [1.82, 2.24) is 9.62 Å². The summed E-state index contributed by atoms with van der Waals surface area (Å²) < 4.78 is 27.1. The third-order valence-corrected chi connectivity index (χ3v) is 7.16. The molecule has 0 unspecified atom stereocenters. The van der Waals surface area contributed by atoms with Crippen LogP contribution in [0.15, 0.2) is 53.4 Å². The summed E-state index contributed by atoms with van der Waals surface area (Å²) >= 11 is 5.85. The van der Waals surface area contributed by atoms with Crippen molar-refractivity contribution < 1.29 is 13.2 Å². The van der Waals surface area contributed by atoms with Crippen LogP contribution in [0.2, 0.25) is 5.02 Å². The van der Waals surface area contributed by atoms with Crippen molar-refractivity contribution >= 4 is 27.5 Å². The second-order valence-electron chi connectivity index (χ2n) is 7.11. The van der Waals surface area contributed by atoms with Crippen LogP contribution in [0.4, 0.5) is 0 Å². The first-order valence-electron chi connectivity index (χ1n) is 9.48. The van der Waals surface area contributed by atoms with Gasteiger partial charge in [-0.05, 0) is 62.4 Å². The Labute approximate surface area is 171 Å². The topological polar surface area (TPSA) is 66.5 Å². The van der Waals surface area contributed by atoms with E-state index >= 15 is 0 Å². The van der Waals surface area contributed by atoms with Crippen molar-refractivity contribution in [3.05, 3.63) is 64.7 Å². The molecule has 1 fully saturated rings. The maximum Gasteiger partial charge on any atom is 0.243 e. The van der Waals surface area contributed by atoms with Gasteiger partial charge in [-0.1, -0.05) is 41.4 Å². The lowest BCUT2D eigenvalue weighted by Gasteiger charge is -2.23. The molecule has 7 heteroatoms. The normalized spacial score (nSPS) is 17.6. The molecule has 0 spiro atoms. The van der Waals surface area contributed by atoms with Gasteiger partial charge in [-0.3, -0.25) is 4.79 Å². The number of nitrogens with one attached hydrogen (secondary N) is 1. The minimum absolute atomic E-state index is 0.163. The molecule has 3 rings (SSSR count). The zero-order valence-electron chi connectivity index (χ0n) is 15.9. The molecule has 0 bridgehead atoms. The van der Waals surface area contributed by atoms with Crippen LogP contribution < -0.4 is 5.32 Å². The van der Waals surface area contributed by atoms with E-state index in [0.29, 0.717) is 31.0 Å². The van der Waals surface area contributed by atoms with E-state index in [1.54, 1.807) is 12.1 Å². The van der Waals surface area contributed by atoms with Crippen molar-refractivity contribution in [2.45, 2.75) is 43.5 Å². The molecule has 1 aliphatic rings. The van der Waals surface area contributed by atoms with Gasteiger partial charge >= 0.3 is 0 Å². The molecule has 1 saturated heterocycles. The van der Waals surface area contributed by atoms with Crippen molar-refractivity contribution in [3.63, 3.8) is 0 Å². The average Bonchev–Trinajstić information content (AvgIpc) is 3.18. The Morgan fingerprint density at radius 2 is 1.82 bits per heavy atom. The monoisotopic (exact) mass is 420 g/mol. The van der Waals surface area contributed by atoms with Crippen LogP contribution in [0.1, 0.15) is 30.4 Å². The van der Waals surface area contributed by atoms with Crippen LogP contribution >= 0.6 is 11.6 Å². The first kappa shape index (κ1) is 20.8. The molecule has 0 aliphatic carbocycles. The van der Waals surface area contributed by atoms with Crippen molar-refractivity contribution in [2.75, 3.05) is 13.1 Å². The van der Waals surface area contributed by atoms with E-state index in [4.69, 9.17) is 11.6 Å². The Morgan fingerprint density at radius 3 is 2.50 bits per heavy atom. The van der Waals surface area contributed by atoms with E-state index in [0.717, 1.165) is 12.8 Å². The molecule has 1 aliphatic heterocycles. The van der Waals surface area contributed by atoms with Gasteiger partial charge < -0.3 is 5.32 Å². The van der Waals surface area contributed by atoms with Crippen LogP contribution in [0.25, 0.3) is 0 Å². The molecule has 0 aromatic heterocycles. The van der Waals surface area contributed by atoms with Gasteiger partial charge in [0.1, 0.15) is 6.04 Å². The molecule has 1 N–H and O–H groups in total. The van der Waals surface area contributed by atoms with Crippen molar-refractivity contribution in [2.24, 2.45) is 0 Å². The summed E-state index contributed by atoms with van der Waals surface area (Å²) in [5.74, 6) is -0.223. The predicted octanol–water partition coefficient (Wildman–Crippen LogP) is 3.55. The van der Waals surface area contributed by atoms with Gasteiger partial charge in [0, 0.05) is 18.1 Å². The number of aryl methyl sites for hydroxylation is 2. The molecular formula is C21H25ClN2O3S. The highest BCUT2D eigenvalue weighted by atomic mass is 35.5. The second kappa shape index (κ2) is 9.07. The summed E-state index contributed by atoms with van der Waals surface area (Å²) in [5.41, 5.74) is 2.45. The molecular weight excluding hydrogens is 396 g/mol. The number of carbonyl (C=O) groups is 1. The number of benzene rings is 2. The number of sulfonamides is 1. The van der Waals surface area contributed by atoms with Crippen molar-refractivity contribution in [1.29, 1.82) is 0 Å². The first-order valence-corrected chi connectivity index (χ1v) is 11.3. The maximum absolute atomic E-state index is 12.9. The Morgan fingerprint density at radius 1 is 1.14 bits per heavy atom. The van der Waals surface area contributed by atoms with Gasteiger partial charge in [0.25, 0.3) is 0 Å². The van der Waals surface area contributed by atoms with E-state index in [-0.39, 0.29) is 10.8 Å². The Kier molecular flexibility index (Phi) is 6.75. The highest BCUT2D eigenvalue weighted by Gasteiger charge is 2.39. The molecule has 2 aromatic rings. The van der Waals surface area contributed by atoms with Gasteiger partial charge in [-0.15, -0.1) is 0 Å². The van der Waals surface area contributed by atoms with Gasteiger partial charge in [0.05, 0.1) is 4.90 Å². The van der Waals surface area contributed by atoms with Crippen LogP contribution in [0.5, 0.6) is 0 Å². The lowest BCUT2D eigenvalue weighted by molar-refractivity contribution is -0.124. The summed E-state index contributed by atoms with van der Waals surface area (Å²) in [4.78, 5) is 12.8. The molecule has 0 radical (unpaired) electrons. The fourth-order valence-electron chi connectivity index (χ4n) is 3.41. The molecule has 2 aromatic carbocycles. The number of rotatable bonds is 7. The minimum atomic E-state index is -3.71. The highest BCUT2D eigenvalue weighted by Crippen LogP contribution is 2.27. The van der Waals surface area contributed by atoms with Crippen LogP contribution in [0.3, 0.4) is 0 Å². The molecule has 1 atom stereocenters. The molecule has 28 heavy (non-hydrogen) atoms. The summed E-state index contributed by atoms with van der Waals surface area (Å²) in [7, 11) is -3.71. The predicted molar refractivity (Wildman–Crippen MR) is 111 cm³/mol. The zero-order valence-corrected chi connectivity index (χ0v) is 17.5. The SMILES string of the molecule is Cc1ccc(CCCNC(=O)[C@@H]2CCCN2S(=O)(=O)c2ccc(Cl)cc2)cc1. The van der Waals surface area contributed by atoms with E-state index < -0.39 is 16.1 Å². The van der Waals surface area contributed by atoms with E-state index in [1.165, 1.54) is 27.6 Å². The number of carbonyl (C=O) groups excluding carboxylic acids is 1. The smallest absolute Gasteiger partial charge is 0.243 e. The molecule has 0 saturated carbocycles. The van der Waals surface area contributed by atoms with Gasteiger partial charge in [-0.25, -0.2) is 8.42 Å². The fourth-order valence-corrected chi connectivity index (χ4v) is 5.19. The van der Waals surface area contributed by atoms with E-state index in [1.807, 2.05) is 0 Å². The van der Waals surface area contributed by atoms with Crippen LogP contribution in [-0.4, -0.2) is 37.8 Å². The van der Waals surface area contributed by atoms with E-state index in [9.17, 15) is 13.2 Å². The molecule has 1 amide bonds. The van der Waals surface area contributed by atoms with Crippen LogP contribution in [0, 0.1) is 6.92 Å². The molecule has 5 nitrogen and oxygen atoms in total. The lowest BCUT2D eigenvalue weighted by atomic mass is 10.1. The third-order valence-electron chi connectivity index (χ3n) is 4.99. The Balaban J connectivity index is 1.56. The quantitative estimate of drug-likeness (QED) is 0.696. The Bertz CT molecular complexity index is 912. The zero-order chi connectivity index (χ0) is 20.1. The van der Waals surface area contributed by atoms with Crippen LogP contribution in [-0.2, 0) is 21.2 Å². The second-order valence-corrected chi connectivity index (χ2v) is 9.43. The summed E-state index contributed by atoms with van der Waals surface area (Å²) in [6.07, 6.45) is 2.90. The van der Waals surface area contributed by atoms with Crippen molar-refractivity contribution in [3.8, 4) is 0 Å². The van der Waals surface area contributed by atoms with Gasteiger partial charge in [0.2, 0.25) is 15.9 Å². The number of amides is 1. The van der Waals surface area contributed by atoms with Gasteiger partial charge in [0.15, 0.2) is 0 Å². The van der Waals surface area contributed by atoms with E-state index in [2.05, 4.69) is 36.5 Å². The summed E-state index contributed by atoms with van der Waals surface area (Å²) in [5, 5.41) is 3.38. The summed E-state index contributed by atoms with van der Waals surface area (Å²) in [6, 6.07) is 13.7. The number of halogens is 1. The molecule has 1 heterocycles. The number of hydrogen-bond acceptors (Lipinski definition) is 3.